The second-order valence-electron chi connectivity index (χ2n) is 10.9. The predicted molar refractivity (Wildman–Crippen MR) is 141 cm³/mol. The van der Waals surface area contributed by atoms with Gasteiger partial charge in [-0.15, -0.1) is 0 Å². The number of phenols is 2. The van der Waals surface area contributed by atoms with Gasteiger partial charge >= 0.3 is 41.5 Å². The topological polar surface area (TPSA) is 145 Å². The smallest absolute Gasteiger partial charge is 0.550 e. The average Bonchev–Trinajstić information content (AvgIpc) is 3.47. The van der Waals surface area contributed by atoms with E-state index in [4.69, 9.17) is 19.8 Å². The van der Waals surface area contributed by atoms with E-state index in [0.29, 0.717) is 18.9 Å². The number of phenolic OH excluding ortho intramolecular Hbond substituents is 2. The summed E-state index contributed by atoms with van der Waals surface area (Å²) >= 11 is 0. The van der Waals surface area contributed by atoms with Gasteiger partial charge in [0.1, 0.15) is 11.5 Å². The maximum Gasteiger partial charge on any atom is 2.00 e. The number of halogens is 12. The van der Waals surface area contributed by atoms with Crippen molar-refractivity contribution < 1.29 is 99.5 Å². The Labute approximate surface area is 284 Å². The molecule has 1 radical (unpaired) electrons. The Bertz CT molecular complexity index is 1580. The first-order chi connectivity index (χ1) is 22.1. The summed E-state index contributed by atoms with van der Waals surface area (Å²) in [4.78, 5) is 26.0. The van der Waals surface area contributed by atoms with E-state index < -0.39 is 93.1 Å². The van der Waals surface area contributed by atoms with Crippen molar-refractivity contribution >= 4 is 24.4 Å². The van der Waals surface area contributed by atoms with Crippen LogP contribution in [-0.2, 0) is 51.1 Å². The molecule has 0 spiro atoms. The summed E-state index contributed by atoms with van der Waals surface area (Å²) in [6, 6.07) is -0.931. The van der Waals surface area contributed by atoms with Crippen LogP contribution in [0.2, 0.25) is 0 Å². The zero-order chi connectivity index (χ0) is 37.9. The first kappa shape index (κ1) is 44.0. The van der Waals surface area contributed by atoms with Crippen molar-refractivity contribution in [3.8, 4) is 11.5 Å². The number of aliphatic imine (C=N–C) groups is 2. The minimum Gasteiger partial charge on any atom is -0.550 e. The van der Waals surface area contributed by atoms with Gasteiger partial charge in [0.2, 0.25) is 0 Å². The number of nitrogens with zero attached hydrogens (tertiary/aromatic N) is 2. The van der Waals surface area contributed by atoms with Gasteiger partial charge < -0.3 is 30.0 Å². The number of benzene rings is 2. The number of hydrogen-bond donors (Lipinski definition) is 2. The summed E-state index contributed by atoms with van der Waals surface area (Å²) in [7, 11) is 0. The van der Waals surface area contributed by atoms with Crippen LogP contribution in [-0.4, -0.2) is 46.2 Å². The Morgan fingerprint density at radius 1 is 0.740 bits per heavy atom. The van der Waals surface area contributed by atoms with Crippen molar-refractivity contribution in [2.24, 2.45) is 15.9 Å². The van der Waals surface area contributed by atoms with Crippen LogP contribution in [0.15, 0.2) is 34.3 Å². The van der Waals surface area contributed by atoms with Crippen molar-refractivity contribution in [1.29, 1.82) is 0 Å². The average molecular weight is 783 g/mol. The van der Waals surface area contributed by atoms with Crippen LogP contribution in [0.1, 0.15) is 72.9 Å². The van der Waals surface area contributed by atoms with E-state index in [1.807, 2.05) is 0 Å². The van der Waals surface area contributed by atoms with Crippen LogP contribution in [0.3, 0.4) is 0 Å². The van der Waals surface area contributed by atoms with Crippen molar-refractivity contribution in [1.82, 2.24) is 0 Å². The van der Waals surface area contributed by atoms with Gasteiger partial charge in [-0.1, -0.05) is 0 Å². The number of carbonyl (C=O) groups is 2. The predicted octanol–water partition coefficient (Wildman–Crippen LogP) is 5.53. The number of aromatic hydroxyl groups is 2. The van der Waals surface area contributed by atoms with Crippen LogP contribution < -0.4 is 10.2 Å². The standard InChI is InChI=1S/C25H18F12N2O2.2C2H4O2.Co/c26-22(27,28)14-4-12(19(40)16(6-14)24(32,33)34)9-38-18-3-11-1-2-21(18,8-11)39-10-13-5-15(23(29,30)31)7-17(20(13)41)25(35,36)37;2*1-2(3)4;/h4-7,9-11,18,40-41H,1-3,8H2;2*1H3,(H,3,4);/q;;;+2/p-2. The molecule has 2 aliphatic carbocycles. The molecule has 2 bridgehead atoms. The Kier molecular flexibility index (Phi) is 14.0. The van der Waals surface area contributed by atoms with E-state index in [-0.39, 0.29) is 66.2 Å². The number of hydrogen-bond acceptors (Lipinski definition) is 8. The molecule has 2 N–H and O–H groups in total. The number of carboxylic acid groups (broad SMARTS) is 2. The van der Waals surface area contributed by atoms with E-state index in [1.165, 1.54) is 0 Å². The van der Waals surface area contributed by atoms with Gasteiger partial charge in [-0.05, 0) is 69.7 Å². The summed E-state index contributed by atoms with van der Waals surface area (Å²) < 4.78 is 159. The third kappa shape index (κ3) is 11.5. The van der Waals surface area contributed by atoms with Gasteiger partial charge in [0.15, 0.2) is 0 Å². The molecule has 50 heavy (non-hydrogen) atoms. The van der Waals surface area contributed by atoms with E-state index >= 15 is 0 Å². The molecule has 4 rings (SSSR count). The number of fused-ring (bicyclic) bond motifs is 2. The normalized spacial score (nSPS) is 20.5. The fourth-order valence-electron chi connectivity index (χ4n) is 5.24. The van der Waals surface area contributed by atoms with Crippen LogP contribution in [0.4, 0.5) is 52.7 Å². The van der Waals surface area contributed by atoms with Gasteiger partial charge in [0, 0.05) is 35.5 Å². The number of carbonyl (C=O) groups excluding carboxylic acids is 2. The molecular weight excluding hydrogens is 759 g/mol. The SMILES string of the molecule is CC(=O)[O-].CC(=O)[O-].Oc1c(C=NC2CC3CCC2(N=Cc2cc(C(F)(F)F)cc(C(F)(F)F)c2O)C3)cc(C(F)(F)F)cc1C(F)(F)F.[Co+2]. The van der Waals surface area contributed by atoms with Gasteiger partial charge in [-0.3, -0.25) is 9.98 Å². The molecular formula is C29H24CoF12N2O6. The van der Waals surface area contributed by atoms with E-state index in [9.17, 15) is 62.9 Å². The summed E-state index contributed by atoms with van der Waals surface area (Å²) in [5.74, 6) is -5.29. The summed E-state index contributed by atoms with van der Waals surface area (Å²) in [6.07, 6.45) is -18.7. The summed E-state index contributed by atoms with van der Waals surface area (Å²) in [5, 5.41) is 37.9. The summed E-state index contributed by atoms with van der Waals surface area (Å²) in [5.41, 5.74) is -10.4. The molecule has 2 aromatic carbocycles. The third-order valence-corrected chi connectivity index (χ3v) is 7.20. The van der Waals surface area contributed by atoms with Crippen molar-refractivity contribution in [3.05, 3.63) is 57.6 Å². The molecule has 3 unspecified atom stereocenters. The molecule has 21 heteroatoms. The van der Waals surface area contributed by atoms with E-state index in [0.717, 1.165) is 13.8 Å². The van der Waals surface area contributed by atoms with Gasteiger partial charge in [-0.25, -0.2) is 0 Å². The van der Waals surface area contributed by atoms with Gasteiger partial charge in [0.25, 0.3) is 0 Å². The fourth-order valence-corrected chi connectivity index (χ4v) is 5.24. The molecule has 2 saturated carbocycles. The second kappa shape index (κ2) is 15.9. The van der Waals surface area contributed by atoms with Crippen molar-refractivity contribution in [3.63, 3.8) is 0 Å². The second-order valence-corrected chi connectivity index (χ2v) is 10.9. The Morgan fingerprint density at radius 3 is 1.46 bits per heavy atom. The van der Waals surface area contributed by atoms with Crippen LogP contribution in [0.5, 0.6) is 11.5 Å². The molecule has 0 saturated heterocycles. The number of aliphatic carboxylic acids is 2. The zero-order valence-electron chi connectivity index (χ0n) is 25.2. The van der Waals surface area contributed by atoms with Crippen LogP contribution in [0, 0.1) is 5.92 Å². The largest absolute Gasteiger partial charge is 2.00 e. The molecule has 2 aliphatic rings. The fraction of sp³-hybridized carbons (Fsp3) is 0.448. The molecule has 8 nitrogen and oxygen atoms in total. The number of rotatable bonds is 4. The van der Waals surface area contributed by atoms with Crippen molar-refractivity contribution in [2.75, 3.05) is 0 Å². The molecule has 0 aromatic heterocycles. The Hall–Kier alpha value is -4.01. The number of alkyl halides is 12. The molecule has 0 amide bonds. The molecule has 279 valence electrons. The first-order valence-corrected chi connectivity index (χ1v) is 13.5. The van der Waals surface area contributed by atoms with E-state index in [1.54, 1.807) is 0 Å². The molecule has 2 aromatic rings. The van der Waals surface area contributed by atoms with Gasteiger partial charge in [-0.2, -0.15) is 52.7 Å². The van der Waals surface area contributed by atoms with E-state index in [2.05, 4.69) is 9.98 Å². The maximum absolute atomic E-state index is 13.3. The first-order valence-electron chi connectivity index (χ1n) is 13.5. The van der Waals surface area contributed by atoms with Gasteiger partial charge in [0.05, 0.1) is 33.8 Å². The zero-order valence-corrected chi connectivity index (χ0v) is 26.3. The monoisotopic (exact) mass is 783 g/mol. The molecule has 0 heterocycles. The molecule has 2 fully saturated rings. The molecule has 3 atom stereocenters. The Balaban J connectivity index is 0.00000125. The Morgan fingerprint density at radius 2 is 1.12 bits per heavy atom. The third-order valence-electron chi connectivity index (χ3n) is 7.20. The quantitative estimate of drug-likeness (QED) is 0.308. The van der Waals surface area contributed by atoms with Crippen LogP contribution in [0.25, 0.3) is 0 Å². The number of carboxylic acids is 2. The minimum absolute atomic E-state index is 0. The minimum atomic E-state index is -5.34. The van der Waals surface area contributed by atoms with Crippen molar-refractivity contribution in [2.45, 2.75) is 75.8 Å². The maximum atomic E-state index is 13.3. The molecule has 0 aliphatic heterocycles. The summed E-state index contributed by atoms with van der Waals surface area (Å²) in [6.45, 7) is 1.94. The van der Waals surface area contributed by atoms with Crippen LogP contribution >= 0.6 is 0 Å².